The van der Waals surface area contributed by atoms with Gasteiger partial charge < -0.3 is 9.64 Å². The van der Waals surface area contributed by atoms with Crippen molar-refractivity contribution >= 4 is 51.8 Å². The molecule has 5 aromatic rings. The van der Waals surface area contributed by atoms with Gasteiger partial charge in [-0.1, -0.05) is 81.6 Å². The van der Waals surface area contributed by atoms with Crippen LogP contribution in [0.2, 0.25) is 0 Å². The Hall–Kier alpha value is -4.44. The molecule has 1 atom stereocenters. The molecule has 0 N–H and O–H groups in total. The molecule has 0 fully saturated rings. The van der Waals surface area contributed by atoms with Crippen LogP contribution in [0.1, 0.15) is 44.4 Å². The average Bonchev–Trinajstić information content (AvgIpc) is 3.75. The van der Waals surface area contributed by atoms with E-state index in [1.54, 1.807) is 28.7 Å². The molecule has 3 aromatic carbocycles. The normalized spacial score (nSPS) is 12.0. The quantitative estimate of drug-likeness (QED) is 0.0750. The van der Waals surface area contributed by atoms with Gasteiger partial charge >= 0.3 is 5.97 Å². The van der Waals surface area contributed by atoms with Gasteiger partial charge in [-0.15, -0.1) is 22.7 Å². The number of thiophene rings is 2. The summed E-state index contributed by atoms with van der Waals surface area (Å²) in [5.74, 6) is -0.208. The second-order valence-corrected chi connectivity index (χ2v) is 12.8. The maximum atomic E-state index is 12.6. The summed E-state index contributed by atoms with van der Waals surface area (Å²) in [6, 6.07) is 39.8. The van der Waals surface area contributed by atoms with Crippen molar-refractivity contribution in [1.82, 2.24) is 0 Å². The number of benzene rings is 3. The molecular formula is C38H36N2O2S2. The van der Waals surface area contributed by atoms with Crippen molar-refractivity contribution in [3.05, 3.63) is 120 Å². The van der Waals surface area contributed by atoms with Crippen molar-refractivity contribution in [2.45, 2.75) is 39.5 Å². The molecule has 1 unspecified atom stereocenters. The minimum Gasteiger partial charge on any atom is -0.461 e. The molecular weight excluding hydrogens is 581 g/mol. The summed E-state index contributed by atoms with van der Waals surface area (Å²) in [5, 5.41) is 9.64. The van der Waals surface area contributed by atoms with Gasteiger partial charge in [0.1, 0.15) is 11.6 Å². The van der Waals surface area contributed by atoms with Crippen LogP contribution in [-0.4, -0.2) is 12.6 Å². The number of hydrogen-bond acceptors (Lipinski definition) is 6. The number of ether oxygens (including phenoxy) is 1. The highest BCUT2D eigenvalue weighted by Crippen LogP contribution is 2.40. The molecule has 0 amide bonds. The fraction of sp³-hybridized carbons (Fsp3) is 0.211. The van der Waals surface area contributed by atoms with Crippen molar-refractivity contribution in [3.8, 4) is 26.3 Å². The lowest BCUT2D eigenvalue weighted by Gasteiger charge is -2.25. The topological polar surface area (TPSA) is 53.3 Å². The van der Waals surface area contributed by atoms with Crippen LogP contribution in [0.3, 0.4) is 0 Å². The van der Waals surface area contributed by atoms with Gasteiger partial charge in [-0.3, -0.25) is 0 Å². The molecule has 0 spiro atoms. The summed E-state index contributed by atoms with van der Waals surface area (Å²) < 4.78 is 5.51. The van der Waals surface area contributed by atoms with Gasteiger partial charge in [0.05, 0.1) is 6.61 Å². The zero-order valence-corrected chi connectivity index (χ0v) is 26.7. The van der Waals surface area contributed by atoms with Crippen LogP contribution in [0.5, 0.6) is 0 Å². The van der Waals surface area contributed by atoms with Gasteiger partial charge in [0.25, 0.3) is 0 Å². The number of para-hydroxylation sites is 2. The molecule has 2 aromatic heterocycles. The number of rotatable bonds is 13. The number of carbonyl (C=O) groups excluding carboxylic acids is 1. The third kappa shape index (κ3) is 7.74. The molecule has 0 aliphatic heterocycles. The monoisotopic (exact) mass is 616 g/mol. The van der Waals surface area contributed by atoms with Crippen molar-refractivity contribution in [2.75, 3.05) is 11.5 Å². The number of nitriles is 1. The fourth-order valence-electron chi connectivity index (χ4n) is 5.01. The molecule has 0 radical (unpaired) electrons. The zero-order valence-electron chi connectivity index (χ0n) is 25.1. The van der Waals surface area contributed by atoms with Crippen LogP contribution in [0, 0.1) is 17.2 Å². The highest BCUT2D eigenvalue weighted by atomic mass is 32.1. The summed E-state index contributed by atoms with van der Waals surface area (Å²) in [4.78, 5) is 19.2. The molecule has 2 heterocycles. The first-order valence-corrected chi connectivity index (χ1v) is 16.7. The molecule has 4 nitrogen and oxygen atoms in total. The highest BCUT2D eigenvalue weighted by molar-refractivity contribution is 7.24. The van der Waals surface area contributed by atoms with Crippen LogP contribution in [0.25, 0.3) is 26.3 Å². The van der Waals surface area contributed by atoms with Gasteiger partial charge in [-0.05, 0) is 84.6 Å². The first-order valence-electron chi connectivity index (χ1n) is 15.1. The third-order valence-corrected chi connectivity index (χ3v) is 9.90. The Morgan fingerprint density at radius 3 is 2.00 bits per heavy atom. The second kappa shape index (κ2) is 15.3. The Kier molecular flexibility index (Phi) is 10.8. The maximum Gasteiger partial charge on any atom is 0.348 e. The van der Waals surface area contributed by atoms with Crippen molar-refractivity contribution < 1.29 is 9.53 Å². The van der Waals surface area contributed by atoms with Crippen LogP contribution in [0.15, 0.2) is 115 Å². The Morgan fingerprint density at radius 1 is 0.795 bits per heavy atom. The molecule has 222 valence electrons. The molecule has 44 heavy (non-hydrogen) atoms. The average molecular weight is 617 g/mol. The third-order valence-electron chi connectivity index (χ3n) is 7.53. The molecule has 0 aliphatic rings. The van der Waals surface area contributed by atoms with E-state index in [0.29, 0.717) is 12.5 Å². The minimum absolute atomic E-state index is 0.0377. The minimum atomic E-state index is -0.544. The molecule has 0 saturated heterocycles. The highest BCUT2D eigenvalue weighted by Gasteiger charge is 2.16. The number of unbranched alkanes of at least 4 members (excludes halogenated alkanes) is 1. The molecule has 6 heteroatoms. The number of carbonyl (C=O) groups is 1. The fourth-order valence-corrected chi connectivity index (χ4v) is 7.07. The number of hydrogen-bond donors (Lipinski definition) is 0. The first kappa shape index (κ1) is 31.0. The summed E-state index contributed by atoms with van der Waals surface area (Å²) in [5.41, 5.74) is 4.50. The summed E-state index contributed by atoms with van der Waals surface area (Å²) >= 11 is 3.30. The molecule has 0 saturated carbocycles. The first-order chi connectivity index (χ1) is 21.6. The molecule has 0 bridgehead atoms. The van der Waals surface area contributed by atoms with Crippen LogP contribution in [-0.2, 0) is 9.53 Å². The Labute approximate surface area is 268 Å². The molecule has 0 aliphatic carbocycles. The van der Waals surface area contributed by atoms with E-state index in [1.165, 1.54) is 4.88 Å². The van der Waals surface area contributed by atoms with E-state index in [4.69, 9.17) is 4.74 Å². The smallest absolute Gasteiger partial charge is 0.348 e. The van der Waals surface area contributed by atoms with Gasteiger partial charge in [-0.25, -0.2) is 4.79 Å². The summed E-state index contributed by atoms with van der Waals surface area (Å²) in [7, 11) is 0. The predicted molar refractivity (Wildman–Crippen MR) is 186 cm³/mol. The lowest BCUT2D eigenvalue weighted by molar-refractivity contribution is -0.139. The van der Waals surface area contributed by atoms with Crippen LogP contribution >= 0.6 is 22.7 Å². The van der Waals surface area contributed by atoms with E-state index in [1.807, 2.05) is 30.3 Å². The van der Waals surface area contributed by atoms with Gasteiger partial charge in [-0.2, -0.15) is 5.26 Å². The number of nitrogens with zero attached hydrogens (tertiary/aromatic N) is 2. The number of anilines is 3. The van der Waals surface area contributed by atoms with E-state index in [0.717, 1.165) is 62.9 Å². The summed E-state index contributed by atoms with van der Waals surface area (Å²) in [6.45, 7) is 4.63. The van der Waals surface area contributed by atoms with E-state index in [9.17, 15) is 10.1 Å². The van der Waals surface area contributed by atoms with Crippen LogP contribution < -0.4 is 4.90 Å². The van der Waals surface area contributed by atoms with E-state index in [2.05, 4.69) is 104 Å². The van der Waals surface area contributed by atoms with Gasteiger partial charge in [0.15, 0.2) is 0 Å². The second-order valence-electron chi connectivity index (χ2n) is 10.6. The predicted octanol–water partition coefficient (Wildman–Crippen LogP) is 11.3. The Morgan fingerprint density at radius 2 is 1.39 bits per heavy atom. The summed E-state index contributed by atoms with van der Waals surface area (Å²) in [6.07, 6.45) is 5.87. The SMILES string of the molecule is CCCCC(CC)COC(=O)/C(C#N)=C/c1ccc(-c2ccc(-c3ccc(N(c4ccccc4)c4ccccc4)cc3)s2)s1. The maximum absolute atomic E-state index is 12.6. The standard InChI is InChI=1S/C38H36N2O2S2/c1-3-5-12-28(4-2)27-42-38(41)30(26-39)25-34-21-22-36(43-34)37-24-23-35(44-37)29-17-19-33(20-18-29)40(31-13-8-6-9-14-31)32-15-10-7-11-16-32/h6-11,13-25,28H,3-5,12,27H2,1-2H3/b30-25+. The Bertz CT molecular complexity index is 1670. The molecule has 5 rings (SSSR count). The lowest BCUT2D eigenvalue weighted by Crippen LogP contribution is -2.14. The van der Waals surface area contributed by atoms with Gasteiger partial charge in [0.2, 0.25) is 0 Å². The zero-order chi connectivity index (χ0) is 30.7. The van der Waals surface area contributed by atoms with Crippen molar-refractivity contribution in [3.63, 3.8) is 0 Å². The largest absolute Gasteiger partial charge is 0.461 e. The van der Waals surface area contributed by atoms with Crippen molar-refractivity contribution in [1.29, 1.82) is 5.26 Å². The van der Waals surface area contributed by atoms with Crippen LogP contribution in [0.4, 0.5) is 17.1 Å². The van der Waals surface area contributed by atoms with E-state index >= 15 is 0 Å². The van der Waals surface area contributed by atoms with E-state index in [-0.39, 0.29) is 5.57 Å². The van der Waals surface area contributed by atoms with Gasteiger partial charge in [0, 0.05) is 36.6 Å². The van der Waals surface area contributed by atoms with Crippen molar-refractivity contribution in [2.24, 2.45) is 5.92 Å². The number of esters is 1. The lowest BCUT2D eigenvalue weighted by atomic mass is 10.0. The van der Waals surface area contributed by atoms with E-state index < -0.39 is 5.97 Å². The Balaban J connectivity index is 1.29.